The summed E-state index contributed by atoms with van der Waals surface area (Å²) in [6, 6.07) is 6.39. The van der Waals surface area contributed by atoms with Crippen LogP contribution in [0.15, 0.2) is 22.6 Å². The Morgan fingerprint density at radius 3 is 2.52 bits per heavy atom. The smallest absolute Gasteiger partial charge is 0.298 e. The molecule has 4 fully saturated rings. The van der Waals surface area contributed by atoms with Crippen LogP contribution in [0.1, 0.15) is 37.0 Å². The third kappa shape index (κ3) is 3.96. The minimum Gasteiger partial charge on any atom is -0.423 e. The first kappa shape index (κ1) is 20.4. The van der Waals surface area contributed by atoms with Crippen molar-refractivity contribution < 1.29 is 13.9 Å². The van der Waals surface area contributed by atoms with Crippen LogP contribution in [-0.4, -0.2) is 66.8 Å². The minimum atomic E-state index is -0.0482. The summed E-state index contributed by atoms with van der Waals surface area (Å²) in [5, 5.41) is 3.27. The lowest BCUT2D eigenvalue weighted by atomic mass is 9.84. The van der Waals surface area contributed by atoms with Crippen molar-refractivity contribution in [2.24, 2.45) is 5.92 Å². The van der Waals surface area contributed by atoms with E-state index in [1.807, 2.05) is 18.2 Å². The highest BCUT2D eigenvalue weighted by molar-refractivity contribution is 6.04. The summed E-state index contributed by atoms with van der Waals surface area (Å²) in [5.74, 6) is 0.547. The van der Waals surface area contributed by atoms with E-state index in [0.717, 1.165) is 32.7 Å². The number of hydrogen-bond acceptors (Lipinski definition) is 6. The Hall–Kier alpha value is -1.83. The summed E-state index contributed by atoms with van der Waals surface area (Å²) in [4.78, 5) is 22.3. The highest BCUT2D eigenvalue weighted by Crippen LogP contribution is 2.29. The molecule has 1 amide bonds. The average Bonchev–Trinajstić information content (AvgIpc) is 3.12. The van der Waals surface area contributed by atoms with E-state index in [-0.39, 0.29) is 36.6 Å². The number of carbonyl (C=O) groups excluding carboxylic acids is 1. The lowest BCUT2D eigenvalue weighted by Gasteiger charge is -2.44. The number of fused-ring (bicyclic) bond motifs is 4. The van der Waals surface area contributed by atoms with Crippen LogP contribution in [0.25, 0.3) is 11.1 Å². The molecule has 0 spiro atoms. The van der Waals surface area contributed by atoms with Crippen LogP contribution >= 0.6 is 12.4 Å². The van der Waals surface area contributed by atoms with Crippen LogP contribution in [0.5, 0.6) is 0 Å². The first-order valence-corrected chi connectivity index (χ1v) is 10.4. The maximum atomic E-state index is 13.0. The Labute approximate surface area is 177 Å². The molecular weight excluding hydrogens is 392 g/mol. The van der Waals surface area contributed by atoms with Crippen molar-refractivity contribution in [1.29, 1.82) is 0 Å². The van der Waals surface area contributed by atoms with Crippen LogP contribution in [0.2, 0.25) is 0 Å². The number of nitrogens with zero attached hydrogens (tertiary/aromatic N) is 3. The van der Waals surface area contributed by atoms with E-state index in [2.05, 4.69) is 29.0 Å². The Morgan fingerprint density at radius 1 is 1.14 bits per heavy atom. The number of oxazole rings is 1. The second-order valence-electron chi connectivity index (χ2n) is 8.53. The van der Waals surface area contributed by atoms with Gasteiger partial charge in [-0.25, -0.2) is 0 Å². The fraction of sp³-hybridized carbons (Fsp3) is 0.619. The summed E-state index contributed by atoms with van der Waals surface area (Å²) in [5.41, 5.74) is 1.89. The van der Waals surface area contributed by atoms with Crippen LogP contribution in [-0.2, 0) is 4.74 Å². The zero-order valence-electron chi connectivity index (χ0n) is 17.0. The number of amides is 1. The molecule has 0 radical (unpaired) electrons. The van der Waals surface area contributed by atoms with Gasteiger partial charge in [-0.2, -0.15) is 4.98 Å². The van der Waals surface area contributed by atoms with Crippen LogP contribution in [0, 0.1) is 5.92 Å². The molecule has 5 heterocycles. The second-order valence-corrected chi connectivity index (χ2v) is 8.53. The average molecular weight is 421 g/mol. The Balaban J connectivity index is 0.00000205. The van der Waals surface area contributed by atoms with Gasteiger partial charge in [0.2, 0.25) is 0 Å². The maximum Gasteiger partial charge on any atom is 0.298 e. The molecule has 6 rings (SSSR count). The zero-order valence-corrected chi connectivity index (χ0v) is 17.8. The molecule has 8 heteroatoms. The summed E-state index contributed by atoms with van der Waals surface area (Å²) < 4.78 is 11.8. The Kier molecular flexibility index (Phi) is 5.73. The molecule has 4 aliphatic heterocycles. The summed E-state index contributed by atoms with van der Waals surface area (Å²) in [7, 11) is 0. The fourth-order valence-electron chi connectivity index (χ4n) is 4.96. The largest absolute Gasteiger partial charge is 0.423 e. The molecule has 2 aromatic rings. The third-order valence-electron chi connectivity index (χ3n) is 6.32. The zero-order chi connectivity index (χ0) is 19.3. The summed E-state index contributed by atoms with van der Waals surface area (Å²) in [6.07, 6.45) is 2.60. The quantitative estimate of drug-likeness (QED) is 0.823. The van der Waals surface area contributed by atoms with Crippen molar-refractivity contribution in [1.82, 2.24) is 15.2 Å². The molecule has 1 N–H and O–H groups in total. The number of aromatic nitrogens is 1. The highest BCUT2D eigenvalue weighted by atomic mass is 35.5. The molecule has 2 bridgehead atoms. The van der Waals surface area contributed by atoms with Crippen molar-refractivity contribution in [2.45, 2.75) is 44.9 Å². The fourth-order valence-corrected chi connectivity index (χ4v) is 4.96. The van der Waals surface area contributed by atoms with Crippen molar-refractivity contribution >= 4 is 35.4 Å². The van der Waals surface area contributed by atoms with Gasteiger partial charge in [0, 0.05) is 25.7 Å². The normalized spacial score (nSPS) is 31.5. The molecule has 7 nitrogen and oxygen atoms in total. The molecule has 1 aromatic carbocycles. The van der Waals surface area contributed by atoms with Gasteiger partial charge in [0.15, 0.2) is 5.58 Å². The number of morpholine rings is 1. The van der Waals surface area contributed by atoms with E-state index in [4.69, 9.17) is 14.1 Å². The summed E-state index contributed by atoms with van der Waals surface area (Å²) >= 11 is 0. The van der Waals surface area contributed by atoms with Crippen LogP contribution in [0.3, 0.4) is 0 Å². The molecule has 3 atom stereocenters. The van der Waals surface area contributed by atoms with Gasteiger partial charge >= 0.3 is 0 Å². The predicted molar refractivity (Wildman–Crippen MR) is 114 cm³/mol. The highest BCUT2D eigenvalue weighted by Gasteiger charge is 2.35. The minimum absolute atomic E-state index is 0. The van der Waals surface area contributed by atoms with Crippen LogP contribution in [0.4, 0.5) is 6.01 Å². The van der Waals surface area contributed by atoms with E-state index < -0.39 is 0 Å². The van der Waals surface area contributed by atoms with Crippen LogP contribution < -0.4 is 10.2 Å². The number of hydrogen-bond donors (Lipinski definition) is 1. The van der Waals surface area contributed by atoms with Gasteiger partial charge in [0.1, 0.15) is 5.52 Å². The van der Waals surface area contributed by atoms with Crippen molar-refractivity contribution in [3.63, 3.8) is 0 Å². The van der Waals surface area contributed by atoms with Crippen molar-refractivity contribution in [3.05, 3.63) is 23.8 Å². The van der Waals surface area contributed by atoms with E-state index in [1.54, 1.807) is 0 Å². The number of nitrogens with one attached hydrogen (secondary N) is 1. The molecular formula is C21H29ClN4O3. The first-order chi connectivity index (χ1) is 13.6. The summed E-state index contributed by atoms with van der Waals surface area (Å²) in [6.45, 7) is 8.86. The van der Waals surface area contributed by atoms with E-state index in [0.29, 0.717) is 28.6 Å². The van der Waals surface area contributed by atoms with Gasteiger partial charge in [-0.15, -0.1) is 12.4 Å². The van der Waals surface area contributed by atoms with E-state index in [9.17, 15) is 4.79 Å². The molecule has 4 aliphatic rings. The molecule has 0 saturated carbocycles. The Morgan fingerprint density at radius 2 is 1.86 bits per heavy atom. The molecule has 0 aliphatic carbocycles. The topological polar surface area (TPSA) is 70.8 Å². The molecule has 4 saturated heterocycles. The molecule has 1 unspecified atom stereocenters. The second kappa shape index (κ2) is 8.13. The Bertz CT molecular complexity index is 870. The number of para-hydroxylation sites is 1. The SMILES string of the molecule is C[C@@H]1CN(c2nc3c(C(=O)NC4CN5CCC4CC5)cccc3o2)C[C@H](C)O1.Cl. The number of rotatable bonds is 3. The lowest BCUT2D eigenvalue weighted by molar-refractivity contribution is -0.00662. The first-order valence-electron chi connectivity index (χ1n) is 10.4. The lowest BCUT2D eigenvalue weighted by Crippen LogP contribution is -2.57. The van der Waals surface area contributed by atoms with E-state index in [1.165, 1.54) is 12.8 Å². The monoisotopic (exact) mass is 420 g/mol. The van der Waals surface area contributed by atoms with Gasteiger partial charge < -0.3 is 24.3 Å². The van der Waals surface area contributed by atoms with Gasteiger partial charge in [-0.3, -0.25) is 4.79 Å². The number of anilines is 1. The van der Waals surface area contributed by atoms with Gasteiger partial charge in [0.05, 0.1) is 17.8 Å². The number of benzene rings is 1. The van der Waals surface area contributed by atoms with Gasteiger partial charge in [0.25, 0.3) is 11.9 Å². The third-order valence-corrected chi connectivity index (χ3v) is 6.32. The number of piperidine rings is 3. The van der Waals surface area contributed by atoms with Gasteiger partial charge in [-0.05, 0) is 57.8 Å². The molecule has 158 valence electrons. The number of carbonyl (C=O) groups is 1. The standard InChI is InChI=1S/C21H28N4O3.ClH/c1-13-10-25(11-14(2)27-13)21-23-19-16(4-3-5-18(19)28-21)20(26)22-17-12-24-8-6-15(17)7-9-24;/h3-5,13-15,17H,6-12H2,1-2H3,(H,22,26);1H/t13-,14+,17?;. The number of halogens is 1. The number of ether oxygens (including phenoxy) is 1. The van der Waals surface area contributed by atoms with E-state index >= 15 is 0 Å². The predicted octanol–water partition coefficient (Wildman–Crippen LogP) is 2.69. The van der Waals surface area contributed by atoms with Gasteiger partial charge in [-0.1, -0.05) is 6.07 Å². The molecule has 29 heavy (non-hydrogen) atoms. The van der Waals surface area contributed by atoms with Crippen molar-refractivity contribution in [2.75, 3.05) is 37.6 Å². The molecule has 1 aromatic heterocycles. The van der Waals surface area contributed by atoms with Crippen molar-refractivity contribution in [3.8, 4) is 0 Å². The maximum absolute atomic E-state index is 13.0.